The lowest BCUT2D eigenvalue weighted by atomic mass is 9.85. The molecule has 0 spiro atoms. The smallest absolute Gasteiger partial charge is 0.328 e. The molecule has 210 valence electrons. The first kappa shape index (κ1) is 29.3. The second kappa shape index (κ2) is 11.2. The van der Waals surface area contributed by atoms with Crippen molar-refractivity contribution in [3.8, 4) is 0 Å². The van der Waals surface area contributed by atoms with Gasteiger partial charge < -0.3 is 30.9 Å². The lowest BCUT2D eigenvalue weighted by Crippen LogP contribution is -2.61. The molecule has 0 radical (unpaired) electrons. The molecule has 1 aliphatic carbocycles. The zero-order valence-corrected chi connectivity index (χ0v) is 23.8. The van der Waals surface area contributed by atoms with Gasteiger partial charge in [0.15, 0.2) is 0 Å². The number of ether oxygens (including phenoxy) is 1. The maximum Gasteiger partial charge on any atom is 0.328 e. The quantitative estimate of drug-likeness (QED) is 0.385. The molecule has 10 nitrogen and oxygen atoms in total. The Bertz CT molecular complexity index is 1040. The molecule has 38 heavy (non-hydrogen) atoms. The topological polar surface area (TPSA) is 129 Å². The third-order valence-electron chi connectivity index (χ3n) is 7.96. The van der Waals surface area contributed by atoms with Gasteiger partial charge in [-0.25, -0.2) is 14.4 Å². The SMILES string of the molecule is COC(=O)[C@@H]1[C@@H]2[C@H](CN1C(=O)[C@@H](NC(=O)NC(CNC(=O)Nc1ccccc1)C(C)C)C(C)(C)C)C2(C)C. The summed E-state index contributed by atoms with van der Waals surface area (Å²) in [5.41, 5.74) is 0.0251. The van der Waals surface area contributed by atoms with Gasteiger partial charge >= 0.3 is 18.0 Å². The highest BCUT2D eigenvalue weighted by atomic mass is 16.5. The lowest BCUT2D eigenvalue weighted by Gasteiger charge is -2.37. The minimum atomic E-state index is -0.864. The number of piperidine rings is 1. The monoisotopic (exact) mass is 529 g/mol. The van der Waals surface area contributed by atoms with Crippen LogP contribution in [0.4, 0.5) is 15.3 Å². The number of carbonyl (C=O) groups excluding carboxylic acids is 4. The van der Waals surface area contributed by atoms with Crippen LogP contribution in [0.1, 0.15) is 48.5 Å². The molecule has 3 rings (SSSR count). The van der Waals surface area contributed by atoms with Gasteiger partial charge in [-0.2, -0.15) is 0 Å². The number of nitrogens with zero attached hydrogens (tertiary/aromatic N) is 1. The van der Waals surface area contributed by atoms with Crippen molar-refractivity contribution in [3.63, 3.8) is 0 Å². The van der Waals surface area contributed by atoms with Gasteiger partial charge in [0.1, 0.15) is 12.1 Å². The number of fused-ring (bicyclic) bond motifs is 1. The van der Waals surface area contributed by atoms with Crippen molar-refractivity contribution >= 4 is 29.6 Å². The number of carbonyl (C=O) groups is 4. The van der Waals surface area contributed by atoms with Gasteiger partial charge in [0, 0.05) is 24.7 Å². The first-order valence-electron chi connectivity index (χ1n) is 13.2. The highest BCUT2D eigenvalue weighted by molar-refractivity contribution is 5.92. The van der Waals surface area contributed by atoms with Crippen LogP contribution >= 0.6 is 0 Å². The van der Waals surface area contributed by atoms with Crippen LogP contribution < -0.4 is 21.3 Å². The van der Waals surface area contributed by atoms with Crippen molar-refractivity contribution in [2.75, 3.05) is 25.5 Å². The van der Waals surface area contributed by atoms with Crippen molar-refractivity contribution < 1.29 is 23.9 Å². The summed E-state index contributed by atoms with van der Waals surface area (Å²) in [5.74, 6) is -0.436. The first-order valence-corrected chi connectivity index (χ1v) is 13.2. The Hall–Kier alpha value is -3.30. The van der Waals surface area contributed by atoms with E-state index in [1.54, 1.807) is 17.0 Å². The fourth-order valence-corrected chi connectivity index (χ4v) is 5.41. The number of para-hydroxylation sites is 1. The molecule has 5 atom stereocenters. The Labute approximate surface area is 225 Å². The van der Waals surface area contributed by atoms with E-state index in [1.165, 1.54) is 7.11 Å². The zero-order valence-electron chi connectivity index (χ0n) is 23.8. The van der Waals surface area contributed by atoms with Crippen LogP contribution in [-0.4, -0.2) is 67.2 Å². The molecule has 1 aromatic rings. The third kappa shape index (κ3) is 6.39. The summed E-state index contributed by atoms with van der Waals surface area (Å²) in [6, 6.07) is 6.28. The molecular weight excluding hydrogens is 486 g/mol. The molecule has 1 aromatic carbocycles. The van der Waals surface area contributed by atoms with Crippen LogP contribution in [0.2, 0.25) is 0 Å². The fourth-order valence-electron chi connectivity index (χ4n) is 5.41. The highest BCUT2D eigenvalue weighted by Crippen LogP contribution is 2.65. The summed E-state index contributed by atoms with van der Waals surface area (Å²) in [4.78, 5) is 53.4. The van der Waals surface area contributed by atoms with Crippen molar-refractivity contribution in [2.24, 2.45) is 28.6 Å². The number of methoxy groups -OCH3 is 1. The van der Waals surface area contributed by atoms with E-state index in [0.29, 0.717) is 12.2 Å². The Morgan fingerprint density at radius 3 is 2.24 bits per heavy atom. The van der Waals surface area contributed by atoms with Gasteiger partial charge in [-0.05, 0) is 34.8 Å². The molecule has 1 heterocycles. The molecule has 4 N–H and O–H groups in total. The first-order chi connectivity index (χ1) is 17.7. The number of amides is 5. The Morgan fingerprint density at radius 1 is 1.05 bits per heavy atom. The largest absolute Gasteiger partial charge is 0.467 e. The molecule has 0 aromatic heterocycles. The van der Waals surface area contributed by atoms with E-state index < -0.39 is 29.5 Å². The van der Waals surface area contributed by atoms with E-state index in [9.17, 15) is 19.2 Å². The minimum Gasteiger partial charge on any atom is -0.467 e. The van der Waals surface area contributed by atoms with E-state index in [2.05, 4.69) is 35.1 Å². The average Bonchev–Trinajstić information content (AvgIpc) is 3.16. The lowest BCUT2D eigenvalue weighted by molar-refractivity contribution is -0.154. The number of esters is 1. The maximum absolute atomic E-state index is 13.8. The van der Waals surface area contributed by atoms with Gasteiger partial charge in [-0.1, -0.05) is 66.7 Å². The number of benzene rings is 1. The zero-order chi connectivity index (χ0) is 28.4. The summed E-state index contributed by atoms with van der Waals surface area (Å²) in [6.07, 6.45) is 0. The highest BCUT2D eigenvalue weighted by Gasteiger charge is 2.70. The Morgan fingerprint density at radius 2 is 1.68 bits per heavy atom. The average molecular weight is 530 g/mol. The second-order valence-corrected chi connectivity index (χ2v) is 12.4. The van der Waals surface area contributed by atoms with Crippen molar-refractivity contribution in [2.45, 2.75) is 66.6 Å². The third-order valence-corrected chi connectivity index (χ3v) is 7.96. The number of likely N-dealkylation sites (tertiary alicyclic amines) is 1. The molecule has 2 fully saturated rings. The second-order valence-electron chi connectivity index (χ2n) is 12.4. The number of rotatable bonds is 8. The molecule has 2 aliphatic rings. The summed E-state index contributed by atoms with van der Waals surface area (Å²) in [6.45, 7) is 14.4. The standard InChI is InChI=1S/C28H43N5O5/c1-16(2)19(14-29-25(36)30-17-12-10-9-11-13-17)31-26(37)32-22(27(3,4)5)23(34)33-15-18-20(28(18,6)7)21(33)24(35)38-8/h9-13,16,18-22H,14-15H2,1-8H3,(H2,29,30,36)(H2,31,32,37)/t18-,19?,20-,21-,22+/m0/s1. The van der Waals surface area contributed by atoms with Crippen LogP contribution in [0.5, 0.6) is 0 Å². The van der Waals surface area contributed by atoms with Gasteiger partial charge in [-0.3, -0.25) is 4.79 Å². The molecule has 1 aliphatic heterocycles. The van der Waals surface area contributed by atoms with Gasteiger partial charge in [0.2, 0.25) is 5.91 Å². The van der Waals surface area contributed by atoms with E-state index in [-0.39, 0.29) is 47.7 Å². The maximum atomic E-state index is 13.8. The fraction of sp³-hybridized carbons (Fsp3) is 0.643. The van der Waals surface area contributed by atoms with E-state index >= 15 is 0 Å². The van der Waals surface area contributed by atoms with Gasteiger partial charge in [0.25, 0.3) is 0 Å². The number of hydrogen-bond donors (Lipinski definition) is 4. The summed E-state index contributed by atoms with van der Waals surface area (Å²) >= 11 is 0. The molecule has 10 heteroatoms. The summed E-state index contributed by atoms with van der Waals surface area (Å²) < 4.78 is 5.04. The molecular formula is C28H43N5O5. The number of hydrogen-bond acceptors (Lipinski definition) is 5. The number of nitrogens with one attached hydrogen (secondary N) is 4. The van der Waals surface area contributed by atoms with E-state index in [1.807, 2.05) is 52.8 Å². The van der Waals surface area contributed by atoms with Gasteiger partial charge in [-0.15, -0.1) is 0 Å². The van der Waals surface area contributed by atoms with Crippen molar-refractivity contribution in [3.05, 3.63) is 30.3 Å². The molecule has 1 saturated carbocycles. The molecule has 1 saturated heterocycles. The van der Waals surface area contributed by atoms with Crippen LogP contribution in [-0.2, 0) is 14.3 Å². The number of anilines is 1. The van der Waals surface area contributed by atoms with E-state index in [0.717, 1.165) is 0 Å². The van der Waals surface area contributed by atoms with Gasteiger partial charge in [0.05, 0.1) is 13.2 Å². The van der Waals surface area contributed by atoms with Crippen LogP contribution in [0, 0.1) is 28.6 Å². The van der Waals surface area contributed by atoms with Crippen LogP contribution in [0.15, 0.2) is 30.3 Å². The Kier molecular flexibility index (Phi) is 8.63. The van der Waals surface area contributed by atoms with Crippen molar-refractivity contribution in [1.82, 2.24) is 20.9 Å². The molecule has 1 unspecified atom stereocenters. The Balaban J connectivity index is 1.64. The predicted octanol–water partition coefficient (Wildman–Crippen LogP) is 3.20. The molecule has 5 amide bonds. The van der Waals surface area contributed by atoms with Crippen LogP contribution in [0.25, 0.3) is 0 Å². The number of urea groups is 2. The van der Waals surface area contributed by atoms with E-state index in [4.69, 9.17) is 4.74 Å². The predicted molar refractivity (Wildman–Crippen MR) is 145 cm³/mol. The summed E-state index contributed by atoms with van der Waals surface area (Å²) in [7, 11) is 1.33. The van der Waals surface area contributed by atoms with Crippen LogP contribution in [0.3, 0.4) is 0 Å². The normalized spacial score (nSPS) is 23.1. The summed E-state index contributed by atoms with van der Waals surface area (Å²) in [5, 5.41) is 11.3. The van der Waals surface area contributed by atoms with Crippen molar-refractivity contribution in [1.29, 1.82) is 0 Å². The minimum absolute atomic E-state index is 0.0122. The molecule has 0 bridgehead atoms.